The number of ether oxygens (including phenoxy) is 1. The molecule has 2 aliphatic heterocycles. The number of carboxylic acids is 1. The maximum atomic E-state index is 12.5. The summed E-state index contributed by atoms with van der Waals surface area (Å²) in [5.74, 6) is -0.684. The van der Waals surface area contributed by atoms with Crippen molar-refractivity contribution in [3.05, 3.63) is 29.8 Å². The van der Waals surface area contributed by atoms with Gasteiger partial charge in [-0.2, -0.15) is 0 Å². The summed E-state index contributed by atoms with van der Waals surface area (Å²) < 4.78 is 5.48. The molecule has 1 aromatic rings. The first-order valence-electron chi connectivity index (χ1n) is 13.7. The van der Waals surface area contributed by atoms with Crippen LogP contribution in [0.1, 0.15) is 73.3 Å². The molecule has 2 heterocycles. The Morgan fingerprint density at radius 1 is 0.921 bits per heavy atom. The van der Waals surface area contributed by atoms with Crippen molar-refractivity contribution in [2.45, 2.75) is 91.3 Å². The van der Waals surface area contributed by atoms with E-state index in [-0.39, 0.29) is 17.5 Å². The summed E-state index contributed by atoms with van der Waals surface area (Å²) in [6.07, 6.45) is 3.09. The van der Waals surface area contributed by atoms with Gasteiger partial charge >= 0.3 is 6.09 Å². The molecule has 0 aliphatic carbocycles. The number of aliphatic carboxylic acids is 1. The second kappa shape index (κ2) is 13.8. The van der Waals surface area contributed by atoms with E-state index in [9.17, 15) is 9.59 Å². The Morgan fingerprint density at radius 2 is 1.45 bits per heavy atom. The molecule has 214 valence electrons. The van der Waals surface area contributed by atoms with Crippen molar-refractivity contribution in [3.8, 4) is 0 Å². The highest BCUT2D eigenvalue weighted by Crippen LogP contribution is 2.21. The summed E-state index contributed by atoms with van der Waals surface area (Å²) in [6, 6.07) is 8.78. The number of hydrogen-bond acceptors (Lipinski definition) is 6. The van der Waals surface area contributed by atoms with Crippen LogP contribution < -0.4 is 10.2 Å². The second-order valence-electron chi connectivity index (χ2n) is 12.1. The van der Waals surface area contributed by atoms with Crippen LogP contribution in [0.2, 0.25) is 0 Å². The van der Waals surface area contributed by atoms with Crippen molar-refractivity contribution < 1.29 is 24.2 Å². The number of nitrogens with one attached hydrogen (secondary N) is 1. The molecule has 0 atom stereocenters. The fraction of sp³-hybridized carbons (Fsp3) is 0.690. The van der Waals surface area contributed by atoms with Gasteiger partial charge in [-0.3, -0.25) is 14.5 Å². The molecule has 9 nitrogen and oxygen atoms in total. The van der Waals surface area contributed by atoms with Crippen molar-refractivity contribution in [2.24, 2.45) is 0 Å². The van der Waals surface area contributed by atoms with Crippen molar-refractivity contribution >= 4 is 23.7 Å². The van der Waals surface area contributed by atoms with Crippen LogP contribution in [0, 0.1) is 0 Å². The van der Waals surface area contributed by atoms with Crippen LogP contribution in [0.4, 0.5) is 10.5 Å². The van der Waals surface area contributed by atoms with Gasteiger partial charge in [0.25, 0.3) is 5.97 Å². The first kappa shape index (κ1) is 31.4. The van der Waals surface area contributed by atoms with Crippen molar-refractivity contribution in [1.82, 2.24) is 15.1 Å². The number of amides is 2. The predicted molar refractivity (Wildman–Crippen MR) is 151 cm³/mol. The lowest BCUT2D eigenvalue weighted by Gasteiger charge is -2.41. The van der Waals surface area contributed by atoms with Crippen LogP contribution >= 0.6 is 0 Å². The Kier molecular flexibility index (Phi) is 11.4. The third kappa shape index (κ3) is 11.3. The zero-order chi connectivity index (χ0) is 28.5. The average Bonchev–Trinajstić information content (AvgIpc) is 2.81. The van der Waals surface area contributed by atoms with E-state index in [4.69, 9.17) is 14.6 Å². The molecule has 0 radical (unpaired) electrons. The minimum absolute atomic E-state index is 0.150. The van der Waals surface area contributed by atoms with Gasteiger partial charge in [0.2, 0.25) is 5.91 Å². The summed E-state index contributed by atoms with van der Waals surface area (Å²) in [5, 5.41) is 10.7. The number of anilines is 1. The molecule has 2 N–H and O–H groups in total. The van der Waals surface area contributed by atoms with Crippen LogP contribution in [0.25, 0.3) is 0 Å². The molecule has 0 spiro atoms. The standard InChI is InChI=1S/C27H44N4O3.C2H4O2/c1-26(2,3)31-15-13-22(14-16-31)28-24(32)12-9-21-7-10-23(11-8-21)29-17-19-30(20-18-29)25(33)34-27(4,5)6;1-2(3)4/h7-8,10-11,22H,9,12-20H2,1-6H3,(H,28,32);1H3,(H,3,4). The van der Waals surface area contributed by atoms with Crippen molar-refractivity contribution in [3.63, 3.8) is 0 Å². The van der Waals surface area contributed by atoms with Crippen LogP contribution in [-0.2, 0) is 20.7 Å². The molecule has 2 fully saturated rings. The molecule has 9 heteroatoms. The van der Waals surface area contributed by atoms with E-state index < -0.39 is 11.6 Å². The van der Waals surface area contributed by atoms with Gasteiger partial charge < -0.3 is 25.0 Å². The molecule has 0 unspecified atom stereocenters. The van der Waals surface area contributed by atoms with Crippen LogP contribution in [0.5, 0.6) is 0 Å². The molecular weight excluding hydrogens is 484 g/mol. The fourth-order valence-corrected chi connectivity index (χ4v) is 4.60. The molecule has 2 saturated heterocycles. The highest BCUT2D eigenvalue weighted by molar-refractivity contribution is 5.76. The van der Waals surface area contributed by atoms with E-state index in [0.29, 0.717) is 25.6 Å². The number of benzene rings is 1. The average molecular weight is 533 g/mol. The number of piperazine rings is 1. The first-order chi connectivity index (χ1) is 17.6. The zero-order valence-corrected chi connectivity index (χ0v) is 24.4. The lowest BCUT2D eigenvalue weighted by atomic mass is 9.98. The molecule has 0 aromatic heterocycles. The van der Waals surface area contributed by atoms with Gasteiger partial charge in [-0.1, -0.05) is 12.1 Å². The number of carboxylic acid groups (broad SMARTS) is 1. The number of carbonyl (C=O) groups excluding carboxylic acids is 2. The smallest absolute Gasteiger partial charge is 0.410 e. The second-order valence-corrected chi connectivity index (χ2v) is 12.1. The molecule has 2 amide bonds. The normalized spacial score (nSPS) is 17.3. The number of piperidine rings is 1. The third-order valence-corrected chi connectivity index (χ3v) is 6.68. The number of hydrogen-bond donors (Lipinski definition) is 2. The van der Waals surface area contributed by atoms with Crippen molar-refractivity contribution in [1.29, 1.82) is 0 Å². The van der Waals surface area contributed by atoms with E-state index in [1.54, 1.807) is 4.90 Å². The molecule has 38 heavy (non-hydrogen) atoms. The van der Waals surface area contributed by atoms with Gasteiger partial charge in [0, 0.05) is 69.9 Å². The molecule has 1 aromatic carbocycles. The minimum atomic E-state index is -0.833. The summed E-state index contributed by atoms with van der Waals surface area (Å²) in [4.78, 5) is 40.3. The summed E-state index contributed by atoms with van der Waals surface area (Å²) in [5.41, 5.74) is 2.06. The Labute approximate surface area is 228 Å². The summed E-state index contributed by atoms with van der Waals surface area (Å²) >= 11 is 0. The predicted octanol–water partition coefficient (Wildman–Crippen LogP) is 4.15. The van der Waals surface area contributed by atoms with Crippen LogP contribution in [-0.4, -0.2) is 89.3 Å². The van der Waals surface area contributed by atoms with Crippen LogP contribution in [0.15, 0.2) is 24.3 Å². The van der Waals surface area contributed by atoms with Gasteiger partial charge in [0.05, 0.1) is 0 Å². The number of nitrogens with zero attached hydrogens (tertiary/aromatic N) is 3. The summed E-state index contributed by atoms with van der Waals surface area (Å²) in [6.45, 7) is 18.5. The largest absolute Gasteiger partial charge is 0.481 e. The van der Waals surface area contributed by atoms with E-state index in [1.807, 2.05) is 20.8 Å². The zero-order valence-electron chi connectivity index (χ0n) is 24.4. The molecule has 2 aliphatic rings. The van der Waals surface area contributed by atoms with E-state index in [2.05, 4.69) is 60.2 Å². The minimum Gasteiger partial charge on any atom is -0.481 e. The van der Waals surface area contributed by atoms with Crippen molar-refractivity contribution in [2.75, 3.05) is 44.2 Å². The van der Waals surface area contributed by atoms with E-state index in [1.165, 1.54) is 5.56 Å². The monoisotopic (exact) mass is 532 g/mol. The number of carbonyl (C=O) groups is 3. The Balaban J connectivity index is 0.00000118. The SMILES string of the molecule is CC(=O)O.CC(C)(C)OC(=O)N1CCN(c2ccc(CCC(=O)NC3CCN(C(C)(C)C)CC3)cc2)CC1. The maximum absolute atomic E-state index is 12.5. The van der Waals surface area contributed by atoms with Gasteiger partial charge in [0.1, 0.15) is 5.60 Å². The maximum Gasteiger partial charge on any atom is 0.410 e. The highest BCUT2D eigenvalue weighted by Gasteiger charge is 2.28. The first-order valence-corrected chi connectivity index (χ1v) is 13.7. The Bertz CT molecular complexity index is 900. The lowest BCUT2D eigenvalue weighted by Crippen LogP contribution is -2.50. The van der Waals surface area contributed by atoms with E-state index in [0.717, 1.165) is 58.1 Å². The van der Waals surface area contributed by atoms with E-state index >= 15 is 0 Å². The highest BCUT2D eigenvalue weighted by atomic mass is 16.6. The number of aryl methyl sites for hydroxylation is 1. The molecule has 0 bridgehead atoms. The quantitative estimate of drug-likeness (QED) is 0.587. The topological polar surface area (TPSA) is 102 Å². The number of rotatable bonds is 5. The van der Waals surface area contributed by atoms with Gasteiger partial charge in [-0.25, -0.2) is 4.79 Å². The van der Waals surface area contributed by atoms with Crippen LogP contribution in [0.3, 0.4) is 0 Å². The van der Waals surface area contributed by atoms with Gasteiger partial charge in [-0.05, 0) is 78.5 Å². The Hall–Kier alpha value is -2.81. The molecule has 3 rings (SSSR count). The third-order valence-electron chi connectivity index (χ3n) is 6.68. The van der Waals surface area contributed by atoms with Gasteiger partial charge in [-0.15, -0.1) is 0 Å². The molecule has 0 saturated carbocycles. The number of likely N-dealkylation sites (tertiary alicyclic amines) is 1. The lowest BCUT2D eigenvalue weighted by molar-refractivity contribution is -0.134. The Morgan fingerprint density at radius 3 is 1.92 bits per heavy atom. The molecular formula is C29H48N4O5. The summed E-state index contributed by atoms with van der Waals surface area (Å²) in [7, 11) is 0. The fourth-order valence-electron chi connectivity index (χ4n) is 4.60. The van der Waals surface area contributed by atoms with Gasteiger partial charge in [0.15, 0.2) is 0 Å².